The van der Waals surface area contributed by atoms with Crippen LogP contribution >= 0.6 is 0 Å². The molecule has 172 valence electrons. The van der Waals surface area contributed by atoms with Gasteiger partial charge in [0.25, 0.3) is 0 Å². The monoisotopic (exact) mass is 450 g/mol. The maximum atomic E-state index is 14.8. The summed E-state index contributed by atoms with van der Waals surface area (Å²) >= 11 is 0. The van der Waals surface area contributed by atoms with Gasteiger partial charge >= 0.3 is 17.8 Å². The Labute approximate surface area is 174 Å². The van der Waals surface area contributed by atoms with Crippen LogP contribution in [0, 0.1) is 5.82 Å². The van der Waals surface area contributed by atoms with Crippen molar-refractivity contribution in [2.24, 2.45) is 0 Å². The van der Waals surface area contributed by atoms with Crippen molar-refractivity contribution >= 4 is 5.97 Å². The van der Waals surface area contributed by atoms with Crippen LogP contribution in [0.1, 0.15) is 50.3 Å². The normalized spacial score (nSPS) is 12.8. The van der Waals surface area contributed by atoms with Crippen molar-refractivity contribution < 1.29 is 36.9 Å². The minimum atomic E-state index is -4.81. The molecule has 1 N–H and O–H groups in total. The van der Waals surface area contributed by atoms with Crippen molar-refractivity contribution in [3.8, 4) is 11.7 Å². The Balaban J connectivity index is 2.67. The number of halogens is 4. The number of ether oxygens (including phenoxy) is 2. The molecule has 0 saturated carbocycles. The summed E-state index contributed by atoms with van der Waals surface area (Å²) in [6, 6.07) is 0.565. The van der Waals surface area contributed by atoms with Crippen molar-refractivity contribution in [2.45, 2.75) is 65.7 Å². The first-order valence-electron chi connectivity index (χ1n) is 9.35. The zero-order chi connectivity index (χ0) is 23.5. The van der Waals surface area contributed by atoms with Gasteiger partial charge in [0.05, 0.1) is 6.10 Å². The summed E-state index contributed by atoms with van der Waals surface area (Å²) in [5.74, 6) is -4.15. The quantitative estimate of drug-likeness (QED) is 0.486. The second-order valence-electron chi connectivity index (χ2n) is 6.82. The summed E-state index contributed by atoms with van der Waals surface area (Å²) in [7, 11) is 0. The third kappa shape index (κ3) is 5.40. The van der Waals surface area contributed by atoms with E-state index in [-0.39, 0.29) is 12.4 Å². The Bertz CT molecular complexity index is 1000. The third-order valence-electron chi connectivity index (χ3n) is 3.96. The molecule has 0 spiro atoms. The molecule has 13 heteroatoms. The summed E-state index contributed by atoms with van der Waals surface area (Å²) in [5, 5.41) is 13.2. The van der Waals surface area contributed by atoms with Crippen LogP contribution in [0.4, 0.5) is 17.6 Å². The molecule has 2 aromatic rings. The highest BCUT2D eigenvalue weighted by Crippen LogP contribution is 2.28. The van der Waals surface area contributed by atoms with Crippen LogP contribution < -0.4 is 10.4 Å². The molecule has 2 heterocycles. The molecule has 9 nitrogen and oxygen atoms in total. The van der Waals surface area contributed by atoms with E-state index in [0.717, 1.165) is 4.57 Å². The zero-order valence-electron chi connectivity index (χ0n) is 17.2. The second kappa shape index (κ2) is 9.45. The molecule has 0 amide bonds. The Morgan fingerprint density at radius 1 is 1.29 bits per heavy atom. The van der Waals surface area contributed by atoms with Gasteiger partial charge in [-0.25, -0.2) is 14.0 Å². The van der Waals surface area contributed by atoms with E-state index in [4.69, 9.17) is 9.47 Å². The average Bonchev–Trinajstić information content (AvgIpc) is 2.97. The van der Waals surface area contributed by atoms with Gasteiger partial charge in [-0.15, -0.1) is 5.10 Å². The Kier molecular flexibility index (Phi) is 7.41. The van der Waals surface area contributed by atoms with Crippen LogP contribution in [0.3, 0.4) is 0 Å². The van der Waals surface area contributed by atoms with Crippen LogP contribution in [-0.4, -0.2) is 48.8 Å². The van der Waals surface area contributed by atoms with Crippen molar-refractivity contribution in [3.05, 3.63) is 33.8 Å². The molecular weight excluding hydrogens is 428 g/mol. The van der Waals surface area contributed by atoms with Gasteiger partial charge in [-0.3, -0.25) is 4.57 Å². The highest BCUT2D eigenvalue weighted by atomic mass is 19.4. The van der Waals surface area contributed by atoms with Gasteiger partial charge in [0, 0.05) is 6.54 Å². The van der Waals surface area contributed by atoms with Crippen molar-refractivity contribution in [1.82, 2.24) is 19.3 Å². The summed E-state index contributed by atoms with van der Waals surface area (Å²) in [5.41, 5.74) is -1.56. The fourth-order valence-corrected chi connectivity index (χ4v) is 2.50. The predicted octanol–water partition coefficient (Wildman–Crippen LogP) is 2.37. The fraction of sp³-hybridized carbons (Fsp3) is 0.556. The highest BCUT2D eigenvalue weighted by Gasteiger charge is 2.39. The molecular formula is C18H22F4N4O5. The maximum Gasteiger partial charge on any atom is 0.425 e. The first kappa shape index (κ1) is 24.3. The summed E-state index contributed by atoms with van der Waals surface area (Å²) in [6.45, 7) is 4.93. The van der Waals surface area contributed by atoms with E-state index in [1.807, 2.05) is 0 Å². The number of alkyl halides is 3. The zero-order valence-corrected chi connectivity index (χ0v) is 17.2. The van der Waals surface area contributed by atoms with E-state index in [2.05, 4.69) is 10.1 Å². The van der Waals surface area contributed by atoms with E-state index in [1.165, 1.54) is 13.8 Å². The van der Waals surface area contributed by atoms with Crippen LogP contribution in [0.2, 0.25) is 0 Å². The first-order valence-corrected chi connectivity index (χ1v) is 9.35. The number of hydrogen-bond acceptors (Lipinski definition) is 7. The van der Waals surface area contributed by atoms with Crippen LogP contribution in [0.15, 0.2) is 10.9 Å². The lowest BCUT2D eigenvalue weighted by Crippen LogP contribution is -2.32. The number of pyridine rings is 1. The minimum absolute atomic E-state index is 0.0949. The van der Waals surface area contributed by atoms with Crippen LogP contribution in [0.25, 0.3) is 5.82 Å². The van der Waals surface area contributed by atoms with Crippen molar-refractivity contribution in [1.29, 1.82) is 0 Å². The van der Waals surface area contributed by atoms with E-state index >= 15 is 0 Å². The number of aliphatic hydroxyl groups excluding tert-OH is 1. The molecule has 0 aliphatic heterocycles. The topological polar surface area (TPSA) is 108 Å². The highest BCUT2D eigenvalue weighted by molar-refractivity contribution is 5.92. The molecule has 0 bridgehead atoms. The largest absolute Gasteiger partial charge is 0.464 e. The number of nitrogens with zero attached hydrogens (tertiary/aromatic N) is 4. The molecule has 0 aliphatic rings. The molecule has 0 radical (unpaired) electrons. The number of esters is 1. The molecule has 0 fully saturated rings. The number of carbonyl (C=O) groups is 1. The molecule has 0 aliphatic carbocycles. The van der Waals surface area contributed by atoms with Gasteiger partial charge in [-0.05, 0) is 33.3 Å². The lowest BCUT2D eigenvalue weighted by molar-refractivity contribution is -0.190. The number of aliphatic hydroxyl groups is 1. The maximum absolute atomic E-state index is 14.8. The molecule has 2 rings (SSSR count). The van der Waals surface area contributed by atoms with Crippen LogP contribution in [-0.2, 0) is 17.9 Å². The van der Waals surface area contributed by atoms with Crippen molar-refractivity contribution in [2.75, 3.05) is 0 Å². The van der Waals surface area contributed by atoms with Crippen LogP contribution in [0.5, 0.6) is 5.88 Å². The van der Waals surface area contributed by atoms with Gasteiger partial charge < -0.3 is 14.6 Å². The number of rotatable bonds is 8. The minimum Gasteiger partial charge on any atom is -0.464 e. The molecule has 2 aromatic heterocycles. The lowest BCUT2D eigenvalue weighted by atomic mass is 10.2. The molecule has 0 saturated heterocycles. The summed E-state index contributed by atoms with van der Waals surface area (Å²) in [4.78, 5) is 28.5. The van der Waals surface area contributed by atoms with Crippen molar-refractivity contribution in [3.63, 3.8) is 0 Å². The summed E-state index contributed by atoms with van der Waals surface area (Å²) < 4.78 is 65.0. The van der Waals surface area contributed by atoms with Gasteiger partial charge in [0.2, 0.25) is 5.88 Å². The molecule has 31 heavy (non-hydrogen) atoms. The second-order valence-corrected chi connectivity index (χ2v) is 6.82. The van der Waals surface area contributed by atoms with Gasteiger partial charge in [0.15, 0.2) is 23.6 Å². The van der Waals surface area contributed by atoms with Gasteiger partial charge in [0.1, 0.15) is 12.2 Å². The fourth-order valence-electron chi connectivity index (χ4n) is 2.50. The Morgan fingerprint density at radius 3 is 2.45 bits per heavy atom. The Morgan fingerprint density at radius 2 is 1.94 bits per heavy atom. The Hall–Kier alpha value is -2.96. The average molecular weight is 450 g/mol. The summed E-state index contributed by atoms with van der Waals surface area (Å²) in [6.07, 6.45) is -7.36. The smallest absolute Gasteiger partial charge is 0.425 e. The third-order valence-corrected chi connectivity index (χ3v) is 3.96. The molecule has 1 atom stereocenters. The standard InChI is InChI=1S/C18H22F4N4O5/c1-5-6-25-13(8-27)24-26(17(25)29)14-12(19)7-11(16(28)30-9(2)3)15(23-14)31-10(4)18(20,21)22/h7,9-10,27H,5-6,8H2,1-4H3/t10-/m0/s1. The van der Waals surface area contributed by atoms with E-state index in [0.29, 0.717) is 24.1 Å². The molecule has 0 aromatic carbocycles. The van der Waals surface area contributed by atoms with E-state index in [1.54, 1.807) is 6.92 Å². The number of carbonyl (C=O) groups excluding carboxylic acids is 1. The van der Waals surface area contributed by atoms with E-state index in [9.17, 15) is 32.3 Å². The SMILES string of the molecule is CCCn1c(CO)nn(-c2nc(O[C@@H](C)C(F)(F)F)c(C(=O)OC(C)C)cc2F)c1=O. The molecule has 0 unspecified atom stereocenters. The number of aromatic nitrogens is 4. The van der Waals surface area contributed by atoms with E-state index < -0.39 is 59.7 Å². The predicted molar refractivity (Wildman–Crippen MR) is 98.5 cm³/mol. The van der Waals surface area contributed by atoms with Gasteiger partial charge in [-0.1, -0.05) is 6.92 Å². The lowest BCUT2D eigenvalue weighted by Gasteiger charge is -2.19. The first-order chi connectivity index (χ1) is 14.4. The number of hydrogen-bond donors (Lipinski definition) is 1. The van der Waals surface area contributed by atoms with Gasteiger partial charge in [-0.2, -0.15) is 22.8 Å².